The highest BCUT2D eigenvalue weighted by Crippen LogP contribution is 2.38. The Morgan fingerprint density at radius 2 is 1.63 bits per heavy atom. The molecule has 3 heterocycles. The third-order valence-electron chi connectivity index (χ3n) is 7.84. The van der Waals surface area contributed by atoms with Gasteiger partial charge in [0, 0.05) is 54.4 Å². The van der Waals surface area contributed by atoms with E-state index in [0.29, 0.717) is 11.8 Å². The topological polar surface area (TPSA) is 68.5 Å². The minimum atomic E-state index is 0.678. The van der Waals surface area contributed by atoms with Crippen LogP contribution in [0.2, 0.25) is 0 Å². The number of benzene rings is 2. The second-order valence-electron chi connectivity index (χ2n) is 10.8. The summed E-state index contributed by atoms with van der Waals surface area (Å²) in [6, 6.07) is 12.4. The Bertz CT molecular complexity index is 1380. The van der Waals surface area contributed by atoms with Gasteiger partial charge in [0.25, 0.3) is 0 Å². The molecule has 0 unspecified atom stereocenters. The van der Waals surface area contributed by atoms with Crippen LogP contribution in [0.15, 0.2) is 55.0 Å². The Kier molecular flexibility index (Phi) is 6.89. The minimum Gasteiger partial charge on any atom is -0.497 e. The summed E-state index contributed by atoms with van der Waals surface area (Å²) >= 11 is 0. The summed E-state index contributed by atoms with van der Waals surface area (Å²) in [7, 11) is 5.57. The van der Waals surface area contributed by atoms with E-state index in [1.807, 2.05) is 18.5 Å². The van der Waals surface area contributed by atoms with Gasteiger partial charge in [-0.3, -0.25) is 9.67 Å². The third-order valence-corrected chi connectivity index (χ3v) is 7.84. The molecule has 2 aromatic carbocycles. The molecule has 0 radical (unpaired) electrons. The van der Waals surface area contributed by atoms with Crippen LogP contribution in [0.1, 0.15) is 25.7 Å². The molecule has 1 aliphatic heterocycles. The van der Waals surface area contributed by atoms with Crippen molar-refractivity contribution in [1.82, 2.24) is 24.6 Å². The Morgan fingerprint density at radius 1 is 0.868 bits per heavy atom. The number of likely N-dealkylation sites (tertiary alicyclic amines) is 1. The van der Waals surface area contributed by atoms with E-state index >= 15 is 0 Å². The van der Waals surface area contributed by atoms with Gasteiger partial charge in [-0.05, 0) is 75.9 Å². The van der Waals surface area contributed by atoms with Crippen LogP contribution in [-0.2, 0) is 6.54 Å². The summed E-state index contributed by atoms with van der Waals surface area (Å²) in [5, 5.41) is 4.65. The van der Waals surface area contributed by atoms with Crippen LogP contribution in [0.25, 0.3) is 22.3 Å². The van der Waals surface area contributed by atoms with Crippen molar-refractivity contribution < 1.29 is 9.47 Å². The number of piperidine rings is 1. The van der Waals surface area contributed by atoms with Crippen LogP contribution >= 0.6 is 0 Å². The molecule has 2 fully saturated rings. The molecule has 1 saturated carbocycles. The molecule has 1 saturated heterocycles. The van der Waals surface area contributed by atoms with E-state index in [0.717, 1.165) is 71.3 Å². The minimum absolute atomic E-state index is 0.678. The Labute approximate surface area is 224 Å². The maximum Gasteiger partial charge on any atom is 0.124 e. The second-order valence-corrected chi connectivity index (χ2v) is 10.8. The predicted octanol–water partition coefficient (Wildman–Crippen LogP) is 5.40. The molecule has 38 heavy (non-hydrogen) atoms. The fourth-order valence-electron chi connectivity index (χ4n) is 5.28. The van der Waals surface area contributed by atoms with Crippen molar-refractivity contribution in [2.24, 2.45) is 11.8 Å². The van der Waals surface area contributed by atoms with E-state index in [4.69, 9.17) is 19.4 Å². The van der Waals surface area contributed by atoms with E-state index in [2.05, 4.69) is 63.2 Å². The van der Waals surface area contributed by atoms with E-state index in [1.54, 1.807) is 14.2 Å². The van der Waals surface area contributed by atoms with Crippen LogP contribution in [0.5, 0.6) is 11.5 Å². The van der Waals surface area contributed by atoms with Gasteiger partial charge in [0.2, 0.25) is 0 Å². The largest absolute Gasteiger partial charge is 0.497 e. The van der Waals surface area contributed by atoms with Gasteiger partial charge in [-0.15, -0.1) is 0 Å². The summed E-state index contributed by atoms with van der Waals surface area (Å²) in [4.78, 5) is 14.5. The van der Waals surface area contributed by atoms with Crippen molar-refractivity contribution in [3.05, 3.63) is 55.0 Å². The van der Waals surface area contributed by atoms with E-state index in [9.17, 15) is 0 Å². The lowest BCUT2D eigenvalue weighted by Crippen LogP contribution is -2.31. The van der Waals surface area contributed by atoms with E-state index in [1.165, 1.54) is 25.7 Å². The zero-order valence-corrected chi connectivity index (χ0v) is 22.5. The quantitative estimate of drug-likeness (QED) is 0.297. The lowest BCUT2D eigenvalue weighted by atomic mass is 9.97. The third kappa shape index (κ3) is 5.45. The summed E-state index contributed by atoms with van der Waals surface area (Å²) < 4.78 is 13.2. The molecule has 6 rings (SSSR count). The highest BCUT2D eigenvalue weighted by Gasteiger charge is 2.26. The molecule has 0 N–H and O–H groups in total. The van der Waals surface area contributed by atoms with Crippen LogP contribution in [0, 0.1) is 11.8 Å². The number of hydrogen-bond donors (Lipinski definition) is 0. The molecule has 8 heteroatoms. The fraction of sp³-hybridized carbons (Fsp3) is 0.433. The molecule has 2 aliphatic rings. The SMILES string of the molecule is COc1cc(OC)cc(N(CC2CC2)c2ccc3ncc(-c4cnn(CC5CCN(C)CC5)c4)nc3c2)c1. The molecule has 8 nitrogen and oxygen atoms in total. The van der Waals surface area contributed by atoms with Crippen LogP contribution in [0.4, 0.5) is 11.4 Å². The average Bonchev–Trinajstić information content (AvgIpc) is 3.66. The lowest BCUT2D eigenvalue weighted by Gasteiger charge is -2.28. The Hall–Kier alpha value is -3.65. The van der Waals surface area contributed by atoms with Gasteiger partial charge in [0.15, 0.2) is 0 Å². The molecular weight excluding hydrogens is 476 g/mol. The van der Waals surface area contributed by atoms with Gasteiger partial charge >= 0.3 is 0 Å². The zero-order valence-electron chi connectivity index (χ0n) is 22.5. The standard InChI is InChI=1S/C30H36N6O2/c1-34-10-8-22(9-11-34)18-35-20-23(16-32-35)30-17-31-28-7-6-24(14-29(28)33-30)36(19-21-4-5-21)25-12-26(37-2)15-27(13-25)38-3/h6-7,12-17,20-22H,4-5,8-11,18-19H2,1-3H3. The average molecular weight is 513 g/mol. The molecule has 0 atom stereocenters. The zero-order chi connectivity index (χ0) is 26.1. The summed E-state index contributed by atoms with van der Waals surface area (Å²) in [5.74, 6) is 2.92. The summed E-state index contributed by atoms with van der Waals surface area (Å²) in [6.07, 6.45) is 10.8. The Balaban J connectivity index is 1.29. The molecular formula is C30H36N6O2. The smallest absolute Gasteiger partial charge is 0.124 e. The number of fused-ring (bicyclic) bond motifs is 1. The van der Waals surface area contributed by atoms with Crippen molar-refractivity contribution in [1.29, 1.82) is 0 Å². The van der Waals surface area contributed by atoms with Crippen molar-refractivity contribution in [3.63, 3.8) is 0 Å². The first-order chi connectivity index (χ1) is 18.6. The van der Waals surface area contributed by atoms with Gasteiger partial charge < -0.3 is 19.3 Å². The highest BCUT2D eigenvalue weighted by atomic mass is 16.5. The number of anilines is 2. The number of hydrogen-bond acceptors (Lipinski definition) is 7. The summed E-state index contributed by atoms with van der Waals surface area (Å²) in [6.45, 7) is 4.23. The normalized spacial score (nSPS) is 16.6. The molecule has 0 spiro atoms. The molecule has 4 aromatic rings. The van der Waals surface area contributed by atoms with Crippen molar-refractivity contribution >= 4 is 22.4 Å². The predicted molar refractivity (Wildman–Crippen MR) is 150 cm³/mol. The van der Waals surface area contributed by atoms with Crippen LogP contribution < -0.4 is 14.4 Å². The number of rotatable bonds is 9. The maximum atomic E-state index is 5.55. The molecule has 0 amide bonds. The number of nitrogens with zero attached hydrogens (tertiary/aromatic N) is 6. The van der Waals surface area contributed by atoms with Gasteiger partial charge in [-0.1, -0.05) is 0 Å². The first-order valence-corrected chi connectivity index (χ1v) is 13.6. The van der Waals surface area contributed by atoms with Crippen molar-refractivity contribution in [2.45, 2.75) is 32.2 Å². The van der Waals surface area contributed by atoms with Gasteiger partial charge in [-0.25, -0.2) is 4.98 Å². The highest BCUT2D eigenvalue weighted by molar-refractivity contribution is 5.82. The number of ether oxygens (including phenoxy) is 2. The van der Waals surface area contributed by atoms with Crippen molar-refractivity contribution in [3.8, 4) is 22.8 Å². The van der Waals surface area contributed by atoms with Crippen molar-refractivity contribution in [2.75, 3.05) is 45.8 Å². The number of methoxy groups -OCH3 is 2. The van der Waals surface area contributed by atoms with Crippen LogP contribution in [0.3, 0.4) is 0 Å². The maximum absolute atomic E-state index is 5.55. The molecule has 198 valence electrons. The first kappa shape index (κ1) is 24.7. The molecule has 0 bridgehead atoms. The first-order valence-electron chi connectivity index (χ1n) is 13.6. The molecule has 1 aliphatic carbocycles. The van der Waals surface area contributed by atoms with E-state index in [-0.39, 0.29) is 0 Å². The lowest BCUT2D eigenvalue weighted by molar-refractivity contribution is 0.201. The van der Waals surface area contributed by atoms with E-state index < -0.39 is 0 Å². The van der Waals surface area contributed by atoms with Crippen LogP contribution in [-0.4, -0.2) is 65.5 Å². The monoisotopic (exact) mass is 512 g/mol. The van der Waals surface area contributed by atoms with Gasteiger partial charge in [0.1, 0.15) is 11.5 Å². The summed E-state index contributed by atoms with van der Waals surface area (Å²) in [5.41, 5.74) is 5.74. The Morgan fingerprint density at radius 3 is 2.34 bits per heavy atom. The number of aromatic nitrogens is 4. The molecule has 2 aromatic heterocycles. The van der Waals surface area contributed by atoms with Gasteiger partial charge in [-0.2, -0.15) is 5.10 Å². The van der Waals surface area contributed by atoms with Gasteiger partial charge in [0.05, 0.1) is 43.3 Å². The fourth-order valence-corrected chi connectivity index (χ4v) is 5.28. The second kappa shape index (κ2) is 10.6.